The van der Waals surface area contributed by atoms with Gasteiger partial charge in [-0.15, -0.1) is 0 Å². The Balaban J connectivity index is 1.75. The highest BCUT2D eigenvalue weighted by Gasteiger charge is 2.15. The van der Waals surface area contributed by atoms with Crippen LogP contribution in [0.4, 0.5) is 5.69 Å². The molecule has 0 saturated carbocycles. The third-order valence-corrected chi connectivity index (χ3v) is 3.95. The number of pyridine rings is 1. The molecule has 1 N–H and O–H groups in total. The Morgan fingerprint density at radius 2 is 1.96 bits per heavy atom. The SMILES string of the molecule is Cc1c([C@@H](C)Nc2cnn(CC(C)C)c2)cnn1-c1ccccn1. The van der Waals surface area contributed by atoms with Gasteiger partial charge in [0.25, 0.3) is 0 Å². The summed E-state index contributed by atoms with van der Waals surface area (Å²) in [4.78, 5) is 4.36. The summed E-state index contributed by atoms with van der Waals surface area (Å²) in [5.41, 5.74) is 3.26. The molecule has 0 spiro atoms. The van der Waals surface area contributed by atoms with Crippen molar-refractivity contribution < 1.29 is 0 Å². The van der Waals surface area contributed by atoms with E-state index in [4.69, 9.17) is 0 Å². The number of rotatable bonds is 6. The molecule has 0 bridgehead atoms. The molecule has 0 fully saturated rings. The lowest BCUT2D eigenvalue weighted by molar-refractivity contribution is 0.483. The van der Waals surface area contributed by atoms with E-state index in [2.05, 4.69) is 54.4 Å². The fraction of sp³-hybridized carbons (Fsp3) is 0.389. The van der Waals surface area contributed by atoms with Crippen LogP contribution < -0.4 is 5.32 Å². The van der Waals surface area contributed by atoms with Gasteiger partial charge in [-0.1, -0.05) is 19.9 Å². The van der Waals surface area contributed by atoms with Gasteiger partial charge in [0.05, 0.1) is 24.1 Å². The number of nitrogens with zero attached hydrogens (tertiary/aromatic N) is 5. The van der Waals surface area contributed by atoms with Crippen molar-refractivity contribution >= 4 is 5.69 Å². The molecule has 126 valence electrons. The van der Waals surface area contributed by atoms with Crippen LogP contribution in [0.2, 0.25) is 0 Å². The molecular weight excluding hydrogens is 300 g/mol. The van der Waals surface area contributed by atoms with Crippen LogP contribution in [-0.2, 0) is 6.54 Å². The van der Waals surface area contributed by atoms with Crippen LogP contribution in [0.5, 0.6) is 0 Å². The Kier molecular flexibility index (Phi) is 4.64. The van der Waals surface area contributed by atoms with Crippen LogP contribution in [-0.4, -0.2) is 24.5 Å². The highest BCUT2D eigenvalue weighted by atomic mass is 15.3. The summed E-state index contributed by atoms with van der Waals surface area (Å²) in [6, 6.07) is 5.97. The molecule has 3 rings (SSSR count). The van der Waals surface area contributed by atoms with Gasteiger partial charge in [-0.05, 0) is 31.9 Å². The molecule has 0 aliphatic carbocycles. The van der Waals surface area contributed by atoms with Crippen LogP contribution in [0, 0.1) is 12.8 Å². The fourth-order valence-corrected chi connectivity index (χ4v) is 2.80. The molecule has 6 heteroatoms. The average molecular weight is 324 g/mol. The quantitative estimate of drug-likeness (QED) is 0.752. The zero-order valence-electron chi connectivity index (χ0n) is 14.6. The zero-order chi connectivity index (χ0) is 17.1. The van der Waals surface area contributed by atoms with Gasteiger partial charge in [-0.3, -0.25) is 4.68 Å². The summed E-state index contributed by atoms with van der Waals surface area (Å²) < 4.78 is 3.85. The summed E-state index contributed by atoms with van der Waals surface area (Å²) >= 11 is 0. The van der Waals surface area contributed by atoms with E-state index in [0.717, 1.165) is 29.3 Å². The second-order valence-electron chi connectivity index (χ2n) is 6.50. The van der Waals surface area contributed by atoms with Crippen molar-refractivity contribution in [3.05, 3.63) is 54.2 Å². The molecule has 0 aromatic carbocycles. The summed E-state index contributed by atoms with van der Waals surface area (Å²) in [6.45, 7) is 9.50. The predicted octanol–water partition coefficient (Wildman–Crippen LogP) is 3.60. The highest BCUT2D eigenvalue weighted by Crippen LogP contribution is 2.23. The smallest absolute Gasteiger partial charge is 0.153 e. The molecule has 0 aliphatic heterocycles. The average Bonchev–Trinajstić information content (AvgIpc) is 3.14. The Labute approximate surface area is 142 Å². The first-order chi connectivity index (χ1) is 11.5. The van der Waals surface area contributed by atoms with E-state index >= 15 is 0 Å². The van der Waals surface area contributed by atoms with Gasteiger partial charge < -0.3 is 5.32 Å². The summed E-state index contributed by atoms with van der Waals surface area (Å²) in [6.07, 6.45) is 7.60. The van der Waals surface area contributed by atoms with Crippen LogP contribution in [0.15, 0.2) is 43.0 Å². The zero-order valence-corrected chi connectivity index (χ0v) is 14.6. The molecule has 3 aromatic rings. The summed E-state index contributed by atoms with van der Waals surface area (Å²) in [7, 11) is 0. The second kappa shape index (κ2) is 6.86. The van der Waals surface area contributed by atoms with Gasteiger partial charge in [-0.25, -0.2) is 9.67 Å². The van der Waals surface area contributed by atoms with Crippen LogP contribution in [0.3, 0.4) is 0 Å². The van der Waals surface area contributed by atoms with Gasteiger partial charge in [0.1, 0.15) is 0 Å². The monoisotopic (exact) mass is 324 g/mol. The van der Waals surface area contributed by atoms with E-state index < -0.39 is 0 Å². The van der Waals surface area contributed by atoms with E-state index in [0.29, 0.717) is 5.92 Å². The molecule has 0 radical (unpaired) electrons. The maximum atomic E-state index is 4.49. The van der Waals surface area contributed by atoms with Crippen LogP contribution in [0.25, 0.3) is 5.82 Å². The van der Waals surface area contributed by atoms with Gasteiger partial charge in [-0.2, -0.15) is 10.2 Å². The second-order valence-corrected chi connectivity index (χ2v) is 6.50. The molecule has 3 aromatic heterocycles. The first-order valence-corrected chi connectivity index (χ1v) is 8.29. The van der Waals surface area contributed by atoms with Gasteiger partial charge in [0.2, 0.25) is 0 Å². The Morgan fingerprint density at radius 1 is 1.12 bits per heavy atom. The third-order valence-electron chi connectivity index (χ3n) is 3.95. The number of nitrogens with one attached hydrogen (secondary N) is 1. The van der Waals surface area contributed by atoms with E-state index in [1.165, 1.54) is 0 Å². The largest absolute Gasteiger partial charge is 0.376 e. The maximum absolute atomic E-state index is 4.49. The van der Waals surface area contributed by atoms with Crippen molar-refractivity contribution in [2.75, 3.05) is 5.32 Å². The maximum Gasteiger partial charge on any atom is 0.153 e. The standard InChI is InChI=1S/C18H24N6/c1-13(2)11-23-12-16(9-20-23)22-14(3)17-10-21-24(15(17)4)18-7-5-6-8-19-18/h5-10,12-14,22H,11H2,1-4H3/t14-/m1/s1. The highest BCUT2D eigenvalue weighted by molar-refractivity contribution is 5.42. The lowest BCUT2D eigenvalue weighted by atomic mass is 10.1. The molecule has 0 amide bonds. The minimum absolute atomic E-state index is 0.138. The number of aromatic nitrogens is 5. The van der Waals surface area contributed by atoms with Crippen molar-refractivity contribution in [3.8, 4) is 5.82 Å². The Morgan fingerprint density at radius 3 is 2.67 bits per heavy atom. The van der Waals surface area contributed by atoms with Crippen molar-refractivity contribution in [2.45, 2.75) is 40.3 Å². The normalized spacial score (nSPS) is 12.5. The molecule has 24 heavy (non-hydrogen) atoms. The molecule has 0 saturated heterocycles. The number of hydrogen-bond acceptors (Lipinski definition) is 4. The van der Waals surface area contributed by atoms with Crippen LogP contribution in [0.1, 0.15) is 38.1 Å². The minimum Gasteiger partial charge on any atom is -0.376 e. The van der Waals surface area contributed by atoms with Gasteiger partial charge in [0, 0.05) is 30.2 Å². The lowest BCUT2D eigenvalue weighted by Crippen LogP contribution is -2.08. The van der Waals surface area contributed by atoms with Gasteiger partial charge >= 0.3 is 0 Å². The summed E-state index contributed by atoms with van der Waals surface area (Å²) in [5, 5.41) is 12.4. The van der Waals surface area contributed by atoms with E-state index in [1.54, 1.807) is 6.20 Å². The molecule has 0 aliphatic rings. The molecule has 6 nitrogen and oxygen atoms in total. The fourth-order valence-electron chi connectivity index (χ4n) is 2.80. The topological polar surface area (TPSA) is 60.6 Å². The van der Waals surface area contributed by atoms with E-state index in [1.807, 2.05) is 40.0 Å². The molecule has 0 unspecified atom stereocenters. The van der Waals surface area contributed by atoms with E-state index in [9.17, 15) is 0 Å². The van der Waals surface area contributed by atoms with Crippen molar-refractivity contribution in [2.24, 2.45) is 5.92 Å². The third kappa shape index (κ3) is 3.48. The summed E-state index contributed by atoms with van der Waals surface area (Å²) in [5.74, 6) is 1.41. The minimum atomic E-state index is 0.138. The Hall–Kier alpha value is -2.63. The predicted molar refractivity (Wildman–Crippen MR) is 95.2 cm³/mol. The van der Waals surface area contributed by atoms with Crippen molar-refractivity contribution in [1.29, 1.82) is 0 Å². The first kappa shape index (κ1) is 16.2. The van der Waals surface area contributed by atoms with Gasteiger partial charge in [0.15, 0.2) is 5.82 Å². The van der Waals surface area contributed by atoms with E-state index in [-0.39, 0.29) is 6.04 Å². The van der Waals surface area contributed by atoms with Crippen molar-refractivity contribution in [1.82, 2.24) is 24.5 Å². The Bertz CT molecular complexity index is 787. The number of anilines is 1. The molecular formula is C18H24N6. The molecule has 1 atom stereocenters. The number of hydrogen-bond donors (Lipinski definition) is 1. The van der Waals surface area contributed by atoms with Crippen LogP contribution >= 0.6 is 0 Å². The molecule has 3 heterocycles. The van der Waals surface area contributed by atoms with Crippen molar-refractivity contribution in [3.63, 3.8) is 0 Å². The first-order valence-electron chi connectivity index (χ1n) is 8.29. The lowest BCUT2D eigenvalue weighted by Gasteiger charge is -2.13.